The molecule has 0 fully saturated rings. The van der Waals surface area contributed by atoms with Crippen molar-refractivity contribution in [3.8, 4) is 0 Å². The number of benzene rings is 1. The topological polar surface area (TPSA) is 14.1 Å². The third-order valence-corrected chi connectivity index (χ3v) is 1.55. The summed E-state index contributed by atoms with van der Waals surface area (Å²) in [7, 11) is 0. The molecule has 0 aliphatic rings. The Morgan fingerprint density at radius 3 is 2.36 bits per heavy atom. The molecule has 0 N–H and O–H groups in total. The van der Waals surface area contributed by atoms with Gasteiger partial charge in [-0.1, -0.05) is 24.6 Å². The molecule has 11 heavy (non-hydrogen) atoms. The van der Waals surface area contributed by atoms with Gasteiger partial charge >= 0.3 is 0 Å². The molecular formula is C10H14N. The van der Waals surface area contributed by atoms with Gasteiger partial charge in [-0.2, -0.15) is 0 Å². The lowest BCUT2D eigenvalue weighted by molar-refractivity contribution is 0.805. The lowest BCUT2D eigenvalue weighted by Gasteiger charge is -2.00. The van der Waals surface area contributed by atoms with E-state index in [1.807, 2.05) is 0 Å². The van der Waals surface area contributed by atoms with Crippen LogP contribution in [-0.4, -0.2) is 6.54 Å². The predicted octanol–water partition coefficient (Wildman–Crippen LogP) is 2.64. The van der Waals surface area contributed by atoms with Crippen LogP contribution in [0.1, 0.15) is 18.9 Å². The van der Waals surface area contributed by atoms with Crippen LogP contribution in [0.4, 0.5) is 5.69 Å². The molecule has 0 amide bonds. The van der Waals surface area contributed by atoms with E-state index >= 15 is 0 Å². The second-order valence-corrected chi connectivity index (χ2v) is 2.72. The predicted molar refractivity (Wildman–Crippen MR) is 48.1 cm³/mol. The van der Waals surface area contributed by atoms with Crippen LogP contribution >= 0.6 is 0 Å². The van der Waals surface area contributed by atoms with Crippen LogP contribution in [0, 0.1) is 6.92 Å². The first-order chi connectivity index (χ1) is 5.33. The van der Waals surface area contributed by atoms with E-state index in [0.717, 1.165) is 18.7 Å². The standard InChI is InChI=1S/C10H14N/c1-3-8-11-10-6-4-9(2)5-7-10/h4-7H,3,8H2,1-2H3. The maximum atomic E-state index is 4.37. The molecule has 0 atom stereocenters. The van der Waals surface area contributed by atoms with Gasteiger partial charge in [-0.25, -0.2) is 0 Å². The van der Waals surface area contributed by atoms with Gasteiger partial charge in [0.15, 0.2) is 0 Å². The van der Waals surface area contributed by atoms with Crippen LogP contribution in [0.25, 0.3) is 0 Å². The van der Waals surface area contributed by atoms with Gasteiger partial charge in [-0.3, -0.25) is 5.32 Å². The molecule has 0 aliphatic heterocycles. The Bertz CT molecular complexity index is 201. The highest BCUT2D eigenvalue weighted by Crippen LogP contribution is 2.08. The van der Waals surface area contributed by atoms with Crippen molar-refractivity contribution in [3.63, 3.8) is 0 Å². The second-order valence-electron chi connectivity index (χ2n) is 2.72. The number of hydrogen-bond donors (Lipinski definition) is 0. The molecule has 1 nitrogen and oxygen atoms in total. The monoisotopic (exact) mass is 148 g/mol. The van der Waals surface area contributed by atoms with E-state index in [-0.39, 0.29) is 0 Å². The molecule has 1 aromatic rings. The van der Waals surface area contributed by atoms with E-state index in [9.17, 15) is 0 Å². The molecule has 0 heterocycles. The normalized spacial score (nSPS) is 9.64. The van der Waals surface area contributed by atoms with Gasteiger partial charge in [0.1, 0.15) is 0 Å². The van der Waals surface area contributed by atoms with Gasteiger partial charge < -0.3 is 0 Å². The molecular weight excluding hydrogens is 134 g/mol. The SMILES string of the molecule is CCC[N]c1ccc(C)cc1. The summed E-state index contributed by atoms with van der Waals surface area (Å²) in [6.45, 7) is 5.16. The van der Waals surface area contributed by atoms with Crippen LogP contribution in [0.2, 0.25) is 0 Å². The van der Waals surface area contributed by atoms with Crippen LogP contribution in [0.15, 0.2) is 24.3 Å². The molecule has 1 aromatic carbocycles. The van der Waals surface area contributed by atoms with Crippen molar-refractivity contribution in [2.45, 2.75) is 20.3 Å². The summed E-state index contributed by atoms with van der Waals surface area (Å²) in [5.41, 5.74) is 2.39. The van der Waals surface area contributed by atoms with Crippen molar-refractivity contribution in [2.24, 2.45) is 0 Å². The molecule has 0 aromatic heterocycles. The number of hydrogen-bond acceptors (Lipinski definition) is 0. The lowest BCUT2D eigenvalue weighted by atomic mass is 10.2. The van der Waals surface area contributed by atoms with Crippen molar-refractivity contribution in [2.75, 3.05) is 6.54 Å². The number of rotatable bonds is 3. The van der Waals surface area contributed by atoms with Gasteiger partial charge in [-0.05, 0) is 25.5 Å². The molecule has 0 bridgehead atoms. The van der Waals surface area contributed by atoms with Gasteiger partial charge in [0.25, 0.3) is 0 Å². The molecule has 1 heteroatoms. The quantitative estimate of drug-likeness (QED) is 0.625. The fourth-order valence-electron chi connectivity index (χ4n) is 0.891. The first kappa shape index (κ1) is 8.12. The fourth-order valence-corrected chi connectivity index (χ4v) is 0.891. The summed E-state index contributed by atoms with van der Waals surface area (Å²) in [5, 5.41) is 4.37. The zero-order valence-corrected chi connectivity index (χ0v) is 7.17. The second kappa shape index (κ2) is 4.02. The van der Waals surface area contributed by atoms with E-state index in [2.05, 4.69) is 43.4 Å². The molecule has 0 saturated carbocycles. The smallest absolute Gasteiger partial charge is 0.0574 e. The Morgan fingerprint density at radius 2 is 1.82 bits per heavy atom. The lowest BCUT2D eigenvalue weighted by Crippen LogP contribution is -1.97. The highest BCUT2D eigenvalue weighted by molar-refractivity contribution is 5.37. The summed E-state index contributed by atoms with van der Waals surface area (Å²) in [6, 6.07) is 8.30. The van der Waals surface area contributed by atoms with Crippen molar-refractivity contribution in [1.29, 1.82) is 0 Å². The zero-order chi connectivity index (χ0) is 8.10. The Morgan fingerprint density at radius 1 is 1.18 bits per heavy atom. The maximum Gasteiger partial charge on any atom is 0.0574 e. The summed E-state index contributed by atoms with van der Waals surface area (Å²) < 4.78 is 0. The minimum absolute atomic E-state index is 0.934. The maximum absolute atomic E-state index is 4.37. The van der Waals surface area contributed by atoms with Crippen LogP contribution < -0.4 is 5.32 Å². The minimum Gasteiger partial charge on any atom is -0.285 e. The average Bonchev–Trinajstić information content (AvgIpc) is 2.04. The molecule has 0 spiro atoms. The molecule has 1 radical (unpaired) electrons. The van der Waals surface area contributed by atoms with Crippen LogP contribution in [0.3, 0.4) is 0 Å². The third-order valence-electron chi connectivity index (χ3n) is 1.55. The molecule has 0 saturated heterocycles. The van der Waals surface area contributed by atoms with Gasteiger partial charge in [0.2, 0.25) is 0 Å². The molecule has 0 aliphatic carbocycles. The first-order valence-corrected chi connectivity index (χ1v) is 4.07. The van der Waals surface area contributed by atoms with Gasteiger partial charge in [-0.15, -0.1) is 0 Å². The van der Waals surface area contributed by atoms with E-state index < -0.39 is 0 Å². The Labute approximate surface area is 68.4 Å². The summed E-state index contributed by atoms with van der Waals surface area (Å²) in [4.78, 5) is 0. The largest absolute Gasteiger partial charge is 0.285 e. The van der Waals surface area contributed by atoms with Gasteiger partial charge in [0, 0.05) is 6.54 Å². The highest BCUT2D eigenvalue weighted by atomic mass is 14.9. The van der Waals surface area contributed by atoms with Crippen molar-refractivity contribution >= 4 is 5.69 Å². The van der Waals surface area contributed by atoms with Crippen molar-refractivity contribution < 1.29 is 0 Å². The van der Waals surface area contributed by atoms with E-state index in [1.165, 1.54) is 5.56 Å². The van der Waals surface area contributed by atoms with Crippen molar-refractivity contribution in [3.05, 3.63) is 29.8 Å². The fraction of sp³-hybridized carbons (Fsp3) is 0.400. The minimum atomic E-state index is 0.934. The third kappa shape index (κ3) is 2.62. The molecule has 1 rings (SSSR count). The Kier molecular flexibility index (Phi) is 2.96. The molecule has 0 unspecified atom stereocenters. The highest BCUT2D eigenvalue weighted by Gasteiger charge is 1.89. The average molecular weight is 148 g/mol. The summed E-state index contributed by atoms with van der Waals surface area (Å²) in [6.07, 6.45) is 1.12. The van der Waals surface area contributed by atoms with Crippen LogP contribution in [-0.2, 0) is 0 Å². The van der Waals surface area contributed by atoms with Crippen molar-refractivity contribution in [1.82, 2.24) is 5.32 Å². The van der Waals surface area contributed by atoms with E-state index in [1.54, 1.807) is 0 Å². The summed E-state index contributed by atoms with van der Waals surface area (Å²) in [5.74, 6) is 0. The number of aryl methyl sites for hydroxylation is 1. The Hall–Kier alpha value is -0.980. The van der Waals surface area contributed by atoms with E-state index in [0.29, 0.717) is 0 Å². The molecule has 59 valence electrons. The van der Waals surface area contributed by atoms with E-state index in [4.69, 9.17) is 0 Å². The Balaban J connectivity index is 2.52. The summed E-state index contributed by atoms with van der Waals surface area (Å²) >= 11 is 0. The van der Waals surface area contributed by atoms with Gasteiger partial charge in [0.05, 0.1) is 5.69 Å². The number of nitrogens with zero attached hydrogens (tertiary/aromatic N) is 1. The zero-order valence-electron chi connectivity index (χ0n) is 7.17. The van der Waals surface area contributed by atoms with Crippen LogP contribution in [0.5, 0.6) is 0 Å². The first-order valence-electron chi connectivity index (χ1n) is 4.07.